The number of aliphatic hydroxyl groups is 1. The van der Waals surface area contributed by atoms with Crippen LogP contribution in [0.15, 0.2) is 72.9 Å². The number of nitrogens with zero attached hydrogens (tertiary/aromatic N) is 3. The molecule has 0 spiro atoms. The van der Waals surface area contributed by atoms with Crippen LogP contribution in [0.5, 0.6) is 11.5 Å². The Balaban J connectivity index is 1.33. The van der Waals surface area contributed by atoms with Crippen LogP contribution >= 0.6 is 0 Å². The molecule has 0 radical (unpaired) electrons. The number of carbonyl (C=O) groups is 1. The molecule has 0 amide bonds. The number of hydrogen-bond donors (Lipinski definition) is 1. The number of carbonyl (C=O) groups excluding carboxylic acids is 1. The van der Waals surface area contributed by atoms with Gasteiger partial charge in [0.1, 0.15) is 6.10 Å². The summed E-state index contributed by atoms with van der Waals surface area (Å²) >= 11 is 0. The van der Waals surface area contributed by atoms with Gasteiger partial charge in [-0.2, -0.15) is 13.2 Å². The van der Waals surface area contributed by atoms with Gasteiger partial charge in [-0.1, -0.05) is 48.5 Å². The molecule has 1 aliphatic heterocycles. The lowest BCUT2D eigenvalue weighted by Crippen LogP contribution is -2.53. The quantitative estimate of drug-likeness (QED) is 0.147. The minimum atomic E-state index is -4.97. The first-order valence-electron chi connectivity index (χ1n) is 15.1. The molecule has 242 valence electrons. The van der Waals surface area contributed by atoms with E-state index in [0.29, 0.717) is 41.1 Å². The Morgan fingerprint density at radius 1 is 1.02 bits per heavy atom. The fourth-order valence-electron chi connectivity index (χ4n) is 5.90. The Morgan fingerprint density at radius 2 is 1.76 bits per heavy atom. The number of alkyl halides is 3. The van der Waals surface area contributed by atoms with Crippen molar-refractivity contribution in [1.82, 2.24) is 9.47 Å². The third kappa shape index (κ3) is 7.14. The number of halogens is 3. The number of hydrogen-bond acceptors (Lipinski definition) is 6. The van der Waals surface area contributed by atoms with E-state index in [1.165, 1.54) is 25.4 Å². The molecule has 5 rings (SSSR count). The number of esters is 1. The molecule has 1 aromatic heterocycles. The molecule has 46 heavy (non-hydrogen) atoms. The molecule has 1 unspecified atom stereocenters. The average molecular weight is 636 g/mol. The van der Waals surface area contributed by atoms with Crippen molar-refractivity contribution in [2.75, 3.05) is 33.4 Å². The third-order valence-corrected chi connectivity index (χ3v) is 8.27. The maximum atomic E-state index is 14.9. The second-order valence-corrected chi connectivity index (χ2v) is 11.4. The van der Waals surface area contributed by atoms with Crippen LogP contribution in [0, 0.1) is 6.57 Å². The molecule has 4 aromatic rings. The fraction of sp³-hybridized carbons (Fsp3) is 0.371. The molecule has 0 bridgehead atoms. The number of likely N-dealkylation sites (tertiary alicyclic amines) is 1. The Labute approximate surface area is 265 Å². The van der Waals surface area contributed by atoms with Crippen LogP contribution in [0.3, 0.4) is 0 Å². The molecule has 1 aliphatic rings. The number of fused-ring (bicyclic) bond motifs is 1. The molecule has 1 fully saturated rings. The normalized spacial score (nSPS) is 15.7. The smallest absolute Gasteiger partial charge is 0.422 e. The molecule has 1 atom stereocenters. The highest BCUT2D eigenvalue weighted by Crippen LogP contribution is 2.44. The minimum absolute atomic E-state index is 0.0939. The molecule has 11 heteroatoms. The van der Waals surface area contributed by atoms with Gasteiger partial charge in [0.05, 0.1) is 26.7 Å². The minimum Gasteiger partial charge on any atom is -0.493 e. The summed E-state index contributed by atoms with van der Waals surface area (Å²) in [5.41, 5.74) is -1.06. The molecular formula is C35H36F3N3O5. The summed E-state index contributed by atoms with van der Waals surface area (Å²) in [6.07, 6.45) is -2.91. The summed E-state index contributed by atoms with van der Waals surface area (Å²) in [7, 11) is 1.50. The summed E-state index contributed by atoms with van der Waals surface area (Å²) < 4.78 is 62.9. The van der Waals surface area contributed by atoms with Crippen molar-refractivity contribution in [3.63, 3.8) is 0 Å². The van der Waals surface area contributed by atoms with Crippen LogP contribution < -0.4 is 9.47 Å². The van der Waals surface area contributed by atoms with Crippen LogP contribution in [0.4, 0.5) is 18.9 Å². The molecule has 0 aliphatic carbocycles. The van der Waals surface area contributed by atoms with Crippen LogP contribution in [0.1, 0.15) is 36.5 Å². The monoisotopic (exact) mass is 635 g/mol. The van der Waals surface area contributed by atoms with Gasteiger partial charge in [-0.05, 0) is 49.1 Å². The number of β-amino-alcohol motifs (C(OH)–C–C–N with tert-alkyl or cyclic N) is 1. The third-order valence-electron chi connectivity index (χ3n) is 8.27. The number of ether oxygens (including phenoxy) is 3. The van der Waals surface area contributed by atoms with Crippen molar-refractivity contribution < 1.29 is 37.3 Å². The van der Waals surface area contributed by atoms with E-state index in [0.717, 1.165) is 5.56 Å². The summed E-state index contributed by atoms with van der Waals surface area (Å²) in [6.45, 7) is 9.62. The zero-order valence-corrected chi connectivity index (χ0v) is 25.7. The van der Waals surface area contributed by atoms with Crippen LogP contribution in [0.25, 0.3) is 15.7 Å². The Hall–Kier alpha value is -4.53. The first-order chi connectivity index (χ1) is 22.0. The highest BCUT2D eigenvalue weighted by atomic mass is 19.4. The average Bonchev–Trinajstić information content (AvgIpc) is 3.40. The highest BCUT2D eigenvalue weighted by molar-refractivity contribution is 5.88. The first kappa shape index (κ1) is 32.9. The number of methoxy groups -OCH3 is 1. The zero-order valence-electron chi connectivity index (χ0n) is 25.7. The zero-order chi connectivity index (χ0) is 32.9. The SMILES string of the molecule is [C-]#[N+]c1ccc2c(C(O)(CN3CCC(Oc4ccc(CC(=O)OCC)cc4OC)CC3)C(F)(F)F)cn(Cc3ccccc3)c2c1. The second kappa shape index (κ2) is 13.8. The lowest BCUT2D eigenvalue weighted by Gasteiger charge is -2.39. The van der Waals surface area contributed by atoms with Crippen molar-refractivity contribution in [1.29, 1.82) is 0 Å². The van der Waals surface area contributed by atoms with Crippen molar-refractivity contribution >= 4 is 22.6 Å². The molecule has 0 saturated carbocycles. The van der Waals surface area contributed by atoms with Crippen LogP contribution in [-0.2, 0) is 28.1 Å². The van der Waals surface area contributed by atoms with Gasteiger partial charge in [-0.3, -0.25) is 9.69 Å². The van der Waals surface area contributed by atoms with E-state index >= 15 is 0 Å². The van der Waals surface area contributed by atoms with Gasteiger partial charge >= 0.3 is 12.1 Å². The second-order valence-electron chi connectivity index (χ2n) is 11.4. The summed E-state index contributed by atoms with van der Waals surface area (Å²) in [5, 5.41) is 11.8. The molecule has 3 aromatic carbocycles. The van der Waals surface area contributed by atoms with Gasteiger partial charge in [0, 0.05) is 48.8 Å². The van der Waals surface area contributed by atoms with E-state index in [1.54, 1.807) is 40.7 Å². The molecule has 1 saturated heterocycles. The van der Waals surface area contributed by atoms with E-state index in [9.17, 15) is 23.1 Å². The Kier molecular flexibility index (Phi) is 9.89. The Morgan fingerprint density at radius 3 is 2.41 bits per heavy atom. The van der Waals surface area contributed by atoms with E-state index in [2.05, 4.69) is 4.85 Å². The summed E-state index contributed by atoms with van der Waals surface area (Å²) in [5.74, 6) is 0.576. The van der Waals surface area contributed by atoms with Gasteiger partial charge in [-0.15, -0.1) is 0 Å². The Bertz CT molecular complexity index is 1710. The van der Waals surface area contributed by atoms with E-state index in [1.807, 2.05) is 30.3 Å². The largest absolute Gasteiger partial charge is 0.493 e. The van der Waals surface area contributed by atoms with Gasteiger partial charge in [0.15, 0.2) is 17.2 Å². The van der Waals surface area contributed by atoms with Crippen molar-refractivity contribution in [3.8, 4) is 11.5 Å². The van der Waals surface area contributed by atoms with Crippen molar-refractivity contribution in [2.45, 2.75) is 50.6 Å². The maximum Gasteiger partial charge on any atom is 0.422 e. The predicted octanol–water partition coefficient (Wildman–Crippen LogP) is 6.65. The number of benzene rings is 3. The lowest BCUT2D eigenvalue weighted by atomic mass is 9.91. The van der Waals surface area contributed by atoms with Gasteiger partial charge in [0.25, 0.3) is 0 Å². The van der Waals surface area contributed by atoms with Crippen LogP contribution in [-0.4, -0.2) is 66.2 Å². The topological polar surface area (TPSA) is 77.5 Å². The van der Waals surface area contributed by atoms with E-state index in [4.69, 9.17) is 20.8 Å². The molecule has 1 N–H and O–H groups in total. The lowest BCUT2D eigenvalue weighted by molar-refractivity contribution is -0.272. The maximum absolute atomic E-state index is 14.9. The highest BCUT2D eigenvalue weighted by Gasteiger charge is 2.57. The number of aromatic nitrogens is 1. The molecule has 2 heterocycles. The van der Waals surface area contributed by atoms with E-state index in [-0.39, 0.29) is 55.7 Å². The van der Waals surface area contributed by atoms with Crippen LogP contribution in [0.2, 0.25) is 0 Å². The summed E-state index contributed by atoms with van der Waals surface area (Å²) in [6, 6.07) is 19.0. The fourth-order valence-corrected chi connectivity index (χ4v) is 5.90. The molecular weight excluding hydrogens is 599 g/mol. The standard InChI is InChI=1S/C35H36F3N3O5/c1-4-45-33(42)19-25-10-13-31(32(18-25)44-3)46-27-14-16-40(17-15-27)23-34(43,35(36,37)38)29-22-41(21-24-8-6-5-7-9-24)30-20-26(39-2)11-12-28(29)30/h5-13,18,20,22,27,43H,4,14-17,19,21,23H2,1,3H3. The van der Waals surface area contributed by atoms with Gasteiger partial charge in [-0.25, -0.2) is 4.85 Å². The summed E-state index contributed by atoms with van der Waals surface area (Å²) in [4.78, 5) is 16.9. The first-order valence-corrected chi connectivity index (χ1v) is 15.1. The predicted molar refractivity (Wildman–Crippen MR) is 167 cm³/mol. The molecule has 8 nitrogen and oxygen atoms in total. The van der Waals surface area contributed by atoms with Crippen molar-refractivity contribution in [2.24, 2.45) is 0 Å². The number of piperidine rings is 1. The van der Waals surface area contributed by atoms with Gasteiger partial charge in [0.2, 0.25) is 5.60 Å². The van der Waals surface area contributed by atoms with Crippen molar-refractivity contribution in [3.05, 3.63) is 101 Å². The van der Waals surface area contributed by atoms with Gasteiger partial charge < -0.3 is 23.9 Å². The number of rotatable bonds is 11. The van der Waals surface area contributed by atoms with E-state index < -0.39 is 18.3 Å².